The lowest BCUT2D eigenvalue weighted by Gasteiger charge is -2.31. The quantitative estimate of drug-likeness (QED) is 0.0347. The highest BCUT2D eigenvalue weighted by atomic mass is 19.1. The predicted octanol–water partition coefficient (Wildman–Crippen LogP) is 7.38. The molecule has 5 aromatic rings. The van der Waals surface area contributed by atoms with Gasteiger partial charge < -0.3 is 14.6 Å². The normalized spacial score (nSPS) is 16.4. The Hall–Kier alpha value is -6.00. The number of aliphatic imine (C=N–C) groups is 1. The van der Waals surface area contributed by atoms with Gasteiger partial charge in [-0.2, -0.15) is 0 Å². The van der Waals surface area contributed by atoms with Crippen LogP contribution in [0.5, 0.6) is 5.75 Å². The summed E-state index contributed by atoms with van der Waals surface area (Å²) in [4.78, 5) is 22.7. The molecule has 0 bridgehead atoms. The molecule has 11 heteroatoms. The first-order valence-corrected chi connectivity index (χ1v) is 16.6. The van der Waals surface area contributed by atoms with Crippen molar-refractivity contribution in [2.45, 2.75) is 37.6 Å². The highest BCUT2D eigenvalue weighted by molar-refractivity contribution is 6.01. The maximum absolute atomic E-state index is 14.6. The van der Waals surface area contributed by atoms with Crippen LogP contribution in [-0.4, -0.2) is 35.7 Å². The average molecular weight is 685 g/mol. The van der Waals surface area contributed by atoms with E-state index in [1.807, 2.05) is 91.0 Å². The summed E-state index contributed by atoms with van der Waals surface area (Å²) in [6.45, 7) is 0.739. The Labute approximate surface area is 295 Å². The molecule has 0 aliphatic carbocycles. The molecule has 0 saturated heterocycles. The Bertz CT molecular complexity index is 2000. The summed E-state index contributed by atoms with van der Waals surface area (Å²) < 4.78 is 26.0. The maximum atomic E-state index is 14.6. The molecule has 51 heavy (non-hydrogen) atoms. The number of hydrazine groups is 1. The second-order valence-electron chi connectivity index (χ2n) is 12.0. The lowest BCUT2D eigenvalue weighted by Crippen LogP contribution is -2.53. The number of nitrogens with one attached hydrogen (secondary N) is 2. The minimum atomic E-state index is -1.53. The second-order valence-corrected chi connectivity index (χ2v) is 12.0. The lowest BCUT2D eigenvalue weighted by atomic mass is 9.80. The van der Waals surface area contributed by atoms with Gasteiger partial charge in [0.15, 0.2) is 11.6 Å². The summed E-state index contributed by atoms with van der Waals surface area (Å²) in [5.41, 5.74) is 19.2. The van der Waals surface area contributed by atoms with Crippen LogP contribution in [0.3, 0.4) is 0 Å². The number of aliphatic hydroxyl groups is 1. The zero-order valence-electron chi connectivity index (χ0n) is 27.8. The Balaban J connectivity index is 1.41. The number of amides is 1. The van der Waals surface area contributed by atoms with Crippen molar-refractivity contribution >= 4 is 11.8 Å². The van der Waals surface area contributed by atoms with E-state index >= 15 is 0 Å². The number of ether oxygens (including phenoxy) is 2. The number of halogens is 1. The third kappa shape index (κ3) is 8.42. The molecule has 1 aliphatic rings. The summed E-state index contributed by atoms with van der Waals surface area (Å²) in [6, 6.07) is 38.6. The average Bonchev–Trinajstić information content (AvgIpc) is 3.56. The fourth-order valence-corrected chi connectivity index (χ4v) is 5.98. The molecule has 1 amide bonds. The van der Waals surface area contributed by atoms with Crippen molar-refractivity contribution in [2.75, 3.05) is 13.2 Å². The number of rotatable bonds is 15. The summed E-state index contributed by atoms with van der Waals surface area (Å²) in [7, 11) is 0. The molecule has 0 aromatic heterocycles. The number of azide groups is 1. The van der Waals surface area contributed by atoms with Crippen molar-refractivity contribution in [3.8, 4) is 16.9 Å². The number of nitrogens with zero attached hydrogens (tertiary/aromatic N) is 4. The Morgan fingerprint density at radius 2 is 1.55 bits per heavy atom. The number of carbonyl (C=O) groups is 1. The van der Waals surface area contributed by atoms with Crippen LogP contribution in [0.1, 0.15) is 40.3 Å². The Morgan fingerprint density at radius 3 is 2.25 bits per heavy atom. The van der Waals surface area contributed by atoms with E-state index in [1.165, 1.54) is 12.1 Å². The van der Waals surface area contributed by atoms with Gasteiger partial charge in [0.2, 0.25) is 5.90 Å². The molecule has 0 unspecified atom stereocenters. The van der Waals surface area contributed by atoms with Crippen molar-refractivity contribution in [1.82, 2.24) is 10.9 Å². The fourth-order valence-electron chi connectivity index (χ4n) is 5.98. The number of hydrogen-bond acceptors (Lipinski definition) is 7. The van der Waals surface area contributed by atoms with Gasteiger partial charge in [-0.3, -0.25) is 10.2 Å². The second kappa shape index (κ2) is 16.6. The SMILES string of the molecule is [N-]=[N+]=NCc1ccccc1C[C@]1(C(=O)NNCc2ccc(F)cc2)N=C(c2ccc(OCCCO)cc2)O[C@H]1c1ccc(-c2ccccc2)cc1. The largest absolute Gasteiger partial charge is 0.494 e. The van der Waals surface area contributed by atoms with Crippen LogP contribution in [0, 0.1) is 5.82 Å². The predicted molar refractivity (Wildman–Crippen MR) is 193 cm³/mol. The van der Waals surface area contributed by atoms with Crippen molar-refractivity contribution in [3.63, 3.8) is 0 Å². The summed E-state index contributed by atoms with van der Waals surface area (Å²) >= 11 is 0. The summed E-state index contributed by atoms with van der Waals surface area (Å²) in [5.74, 6) is 0.103. The van der Waals surface area contributed by atoms with Crippen LogP contribution >= 0.6 is 0 Å². The van der Waals surface area contributed by atoms with Gasteiger partial charge in [0, 0.05) is 36.5 Å². The molecule has 5 aromatic carbocycles. The minimum absolute atomic E-state index is 0.0331. The summed E-state index contributed by atoms with van der Waals surface area (Å²) in [6.07, 6.45) is -0.237. The van der Waals surface area contributed by atoms with Crippen molar-refractivity contribution in [1.29, 1.82) is 0 Å². The van der Waals surface area contributed by atoms with E-state index in [1.54, 1.807) is 24.3 Å². The molecule has 0 fully saturated rings. The first kappa shape index (κ1) is 34.8. The van der Waals surface area contributed by atoms with Gasteiger partial charge in [0.25, 0.3) is 5.91 Å². The topological polar surface area (TPSA) is 141 Å². The molecular formula is C40H37FN6O4. The van der Waals surface area contributed by atoms with Crippen LogP contribution in [0.2, 0.25) is 0 Å². The molecule has 1 aliphatic heterocycles. The zero-order chi connectivity index (χ0) is 35.5. The van der Waals surface area contributed by atoms with Gasteiger partial charge in [-0.1, -0.05) is 96.1 Å². The standard InChI is InChI=1S/C40H37FN6O4/c41-35-19-11-28(12-20-35)26-43-46-39(49)40(25-33-9-4-5-10-34(33)27-44-47-42)37(31-15-13-30(14-16-31)29-7-2-1-3-8-29)51-38(45-40)32-17-21-36(22-18-32)50-24-6-23-48/h1-5,7-22,37,43,48H,6,23-27H2,(H,46,49)/t37-,40-/m0/s1. The number of benzene rings is 5. The van der Waals surface area contributed by atoms with E-state index in [0.717, 1.165) is 33.4 Å². The highest BCUT2D eigenvalue weighted by Crippen LogP contribution is 2.43. The van der Waals surface area contributed by atoms with Gasteiger partial charge in [0.05, 0.1) is 13.2 Å². The van der Waals surface area contributed by atoms with E-state index in [9.17, 15) is 9.18 Å². The van der Waals surface area contributed by atoms with Crippen molar-refractivity contribution in [2.24, 2.45) is 10.1 Å². The van der Waals surface area contributed by atoms with E-state index in [4.69, 9.17) is 25.1 Å². The van der Waals surface area contributed by atoms with E-state index in [2.05, 4.69) is 20.9 Å². The van der Waals surface area contributed by atoms with Gasteiger partial charge in [-0.25, -0.2) is 14.8 Å². The highest BCUT2D eigenvalue weighted by Gasteiger charge is 2.53. The molecule has 10 nitrogen and oxygen atoms in total. The molecule has 0 saturated carbocycles. The van der Waals surface area contributed by atoms with Gasteiger partial charge in [-0.05, 0) is 75.3 Å². The smallest absolute Gasteiger partial charge is 0.266 e. The van der Waals surface area contributed by atoms with Crippen LogP contribution < -0.4 is 15.6 Å². The molecule has 6 rings (SSSR count). The van der Waals surface area contributed by atoms with Gasteiger partial charge in [-0.15, -0.1) is 0 Å². The number of aliphatic hydroxyl groups excluding tert-OH is 1. The molecular weight excluding hydrogens is 647 g/mol. The zero-order valence-corrected chi connectivity index (χ0v) is 27.8. The Morgan fingerprint density at radius 1 is 0.882 bits per heavy atom. The molecule has 2 atom stereocenters. The maximum Gasteiger partial charge on any atom is 0.266 e. The van der Waals surface area contributed by atoms with Crippen LogP contribution in [0.4, 0.5) is 4.39 Å². The van der Waals surface area contributed by atoms with E-state index < -0.39 is 17.6 Å². The van der Waals surface area contributed by atoms with E-state index in [-0.39, 0.29) is 37.8 Å². The van der Waals surface area contributed by atoms with Crippen LogP contribution in [0.25, 0.3) is 21.6 Å². The number of hydrogen-bond donors (Lipinski definition) is 3. The van der Waals surface area contributed by atoms with Crippen molar-refractivity contribution < 1.29 is 23.8 Å². The lowest BCUT2D eigenvalue weighted by molar-refractivity contribution is -0.130. The minimum Gasteiger partial charge on any atom is -0.494 e. The molecule has 0 radical (unpaired) electrons. The first-order chi connectivity index (χ1) is 25.0. The molecule has 0 spiro atoms. The monoisotopic (exact) mass is 684 g/mol. The van der Waals surface area contributed by atoms with Gasteiger partial charge in [0.1, 0.15) is 11.6 Å². The Kier molecular flexibility index (Phi) is 11.3. The molecule has 1 heterocycles. The van der Waals surface area contributed by atoms with Crippen LogP contribution in [-0.2, 0) is 29.0 Å². The first-order valence-electron chi connectivity index (χ1n) is 16.6. The number of carbonyl (C=O) groups excluding carboxylic acids is 1. The van der Waals surface area contributed by atoms with Crippen LogP contribution in [0.15, 0.2) is 138 Å². The molecule has 258 valence electrons. The molecule has 3 N–H and O–H groups in total. The third-order valence-electron chi connectivity index (χ3n) is 8.64. The van der Waals surface area contributed by atoms with Gasteiger partial charge >= 0.3 is 0 Å². The summed E-state index contributed by atoms with van der Waals surface area (Å²) in [5, 5.41) is 12.9. The third-order valence-corrected chi connectivity index (χ3v) is 8.64. The van der Waals surface area contributed by atoms with Crippen molar-refractivity contribution in [3.05, 3.63) is 171 Å². The van der Waals surface area contributed by atoms with E-state index in [0.29, 0.717) is 24.3 Å². The fraction of sp³-hybridized carbons (Fsp3) is 0.200.